The maximum atomic E-state index is 12.6. The molecule has 0 radical (unpaired) electrons. The second-order valence-electron chi connectivity index (χ2n) is 4.73. The van der Waals surface area contributed by atoms with E-state index in [4.69, 9.17) is 16.3 Å². The second kappa shape index (κ2) is 5.16. The first-order chi connectivity index (χ1) is 10.0. The fourth-order valence-electron chi connectivity index (χ4n) is 2.42. The van der Waals surface area contributed by atoms with Crippen molar-refractivity contribution in [3.05, 3.63) is 50.7 Å². The number of carbonyl (C=O) groups is 1. The molecule has 3 rings (SSSR count). The summed E-state index contributed by atoms with van der Waals surface area (Å²) in [6, 6.07) is 3.09. The van der Waals surface area contributed by atoms with Gasteiger partial charge < -0.3 is 9.84 Å². The molecule has 6 heteroatoms. The molecule has 1 N–H and O–H groups in total. The van der Waals surface area contributed by atoms with Crippen molar-refractivity contribution in [2.45, 2.75) is 13.3 Å². The summed E-state index contributed by atoms with van der Waals surface area (Å²) in [5, 5.41) is 9.92. The Balaban J connectivity index is 2.08. The third kappa shape index (κ3) is 2.32. The lowest BCUT2D eigenvalue weighted by atomic mass is 9.92. The molecule has 0 unspecified atom stereocenters. The van der Waals surface area contributed by atoms with E-state index in [0.29, 0.717) is 27.7 Å². The molecule has 1 aromatic heterocycles. The highest BCUT2D eigenvalue weighted by Gasteiger charge is 2.32. The van der Waals surface area contributed by atoms with Gasteiger partial charge in [0.15, 0.2) is 5.06 Å². The van der Waals surface area contributed by atoms with E-state index in [9.17, 15) is 9.90 Å². The normalized spacial score (nSPS) is 17.7. The number of Topliss-reactive ketones (excluding diaryl/α,β-unsaturated/α-hetero) is 1. The number of hydrogen-bond donors (Lipinski definition) is 1. The molecule has 108 valence electrons. The van der Waals surface area contributed by atoms with Crippen LogP contribution in [0.25, 0.3) is 0 Å². The average molecular weight is 322 g/mol. The molecule has 0 atom stereocenters. The summed E-state index contributed by atoms with van der Waals surface area (Å²) in [5.74, 6) is 0.191. The van der Waals surface area contributed by atoms with E-state index in [1.54, 1.807) is 6.07 Å². The number of fused-ring (bicyclic) bond motifs is 1. The van der Waals surface area contributed by atoms with Gasteiger partial charge in [-0.1, -0.05) is 22.9 Å². The van der Waals surface area contributed by atoms with E-state index in [0.717, 1.165) is 28.3 Å². The third-order valence-electron chi connectivity index (χ3n) is 3.32. The molecule has 0 saturated heterocycles. The van der Waals surface area contributed by atoms with Crippen molar-refractivity contribution in [2.24, 2.45) is 4.99 Å². The zero-order valence-electron chi connectivity index (χ0n) is 11.4. The lowest BCUT2D eigenvalue weighted by Gasteiger charge is -2.19. The van der Waals surface area contributed by atoms with Crippen LogP contribution in [0.15, 0.2) is 50.8 Å². The predicted octanol–water partition coefficient (Wildman–Crippen LogP) is 3.79. The number of ether oxygens (including phenoxy) is 1. The predicted molar refractivity (Wildman–Crippen MR) is 83.0 cm³/mol. The molecular formula is C15H12ClNO3S. The zero-order chi connectivity index (χ0) is 15.1. The minimum absolute atomic E-state index is 0.103. The van der Waals surface area contributed by atoms with E-state index >= 15 is 0 Å². The summed E-state index contributed by atoms with van der Waals surface area (Å²) in [4.78, 5) is 17.5. The number of aliphatic imine (C=N–C) groups is 1. The fraction of sp³-hybridized carbons (Fsp3) is 0.200. The summed E-state index contributed by atoms with van der Waals surface area (Å²) in [6.45, 7) is 1.88. The minimum atomic E-state index is -0.193. The summed E-state index contributed by atoms with van der Waals surface area (Å²) >= 11 is 7.39. The molecule has 0 amide bonds. The molecule has 1 aliphatic carbocycles. The van der Waals surface area contributed by atoms with Crippen LogP contribution in [-0.4, -0.2) is 23.7 Å². The molecule has 0 spiro atoms. The number of ketones is 1. The summed E-state index contributed by atoms with van der Waals surface area (Å²) < 4.78 is 5.34. The molecule has 2 heterocycles. The topological polar surface area (TPSA) is 58.9 Å². The van der Waals surface area contributed by atoms with E-state index in [-0.39, 0.29) is 10.8 Å². The second-order valence-corrected chi connectivity index (χ2v) is 6.17. The Morgan fingerprint density at radius 2 is 2.24 bits per heavy atom. The van der Waals surface area contributed by atoms with Gasteiger partial charge in [0, 0.05) is 17.7 Å². The number of halogens is 1. The van der Waals surface area contributed by atoms with Crippen LogP contribution in [0.4, 0.5) is 0 Å². The Hall–Kier alpha value is -1.85. The van der Waals surface area contributed by atoms with Crippen LogP contribution in [0.5, 0.6) is 5.06 Å². The molecule has 2 aliphatic rings. The Kier molecular flexibility index (Phi) is 3.47. The van der Waals surface area contributed by atoms with Crippen LogP contribution in [0.2, 0.25) is 0 Å². The van der Waals surface area contributed by atoms with Crippen molar-refractivity contribution in [1.82, 2.24) is 0 Å². The molecular weight excluding hydrogens is 310 g/mol. The summed E-state index contributed by atoms with van der Waals surface area (Å²) in [5.41, 5.74) is 2.92. The van der Waals surface area contributed by atoms with Crippen LogP contribution >= 0.6 is 22.9 Å². The van der Waals surface area contributed by atoms with Gasteiger partial charge in [0.25, 0.3) is 0 Å². The van der Waals surface area contributed by atoms with Gasteiger partial charge in [0.05, 0.1) is 28.3 Å². The van der Waals surface area contributed by atoms with Gasteiger partial charge >= 0.3 is 0 Å². The lowest BCUT2D eigenvalue weighted by molar-refractivity contribution is 0.102. The maximum absolute atomic E-state index is 12.6. The number of methoxy groups -OCH3 is 1. The number of aromatic hydroxyl groups is 1. The minimum Gasteiger partial charge on any atom is -0.499 e. The molecule has 0 bridgehead atoms. The summed E-state index contributed by atoms with van der Waals surface area (Å²) in [7, 11) is 1.49. The molecule has 4 nitrogen and oxygen atoms in total. The number of allylic oxidation sites excluding steroid dienone is 5. The van der Waals surface area contributed by atoms with Gasteiger partial charge in [-0.25, -0.2) is 0 Å². The van der Waals surface area contributed by atoms with Gasteiger partial charge in [-0.05, 0) is 25.1 Å². The van der Waals surface area contributed by atoms with Gasteiger partial charge in [-0.2, -0.15) is 0 Å². The van der Waals surface area contributed by atoms with Crippen molar-refractivity contribution >= 4 is 34.4 Å². The zero-order valence-corrected chi connectivity index (χ0v) is 13.0. The van der Waals surface area contributed by atoms with E-state index < -0.39 is 0 Å². The van der Waals surface area contributed by atoms with Crippen molar-refractivity contribution in [3.63, 3.8) is 0 Å². The smallest absolute Gasteiger partial charge is 0.203 e. The Labute approximate surface area is 130 Å². The van der Waals surface area contributed by atoms with E-state index in [1.807, 2.05) is 13.0 Å². The van der Waals surface area contributed by atoms with Crippen molar-refractivity contribution in [2.75, 3.05) is 7.11 Å². The lowest BCUT2D eigenvalue weighted by Crippen LogP contribution is -2.17. The largest absolute Gasteiger partial charge is 0.499 e. The molecule has 0 aromatic carbocycles. The first kappa shape index (κ1) is 14.1. The van der Waals surface area contributed by atoms with Crippen LogP contribution in [0.1, 0.15) is 23.0 Å². The number of hydrogen-bond acceptors (Lipinski definition) is 5. The Morgan fingerprint density at radius 1 is 1.48 bits per heavy atom. The first-order valence-corrected chi connectivity index (χ1v) is 7.47. The number of nitrogens with zero attached hydrogens (tertiary/aromatic N) is 1. The molecule has 0 fully saturated rings. The van der Waals surface area contributed by atoms with Crippen molar-refractivity contribution < 1.29 is 14.6 Å². The highest BCUT2D eigenvalue weighted by atomic mass is 35.5. The van der Waals surface area contributed by atoms with Gasteiger partial charge in [-0.15, -0.1) is 0 Å². The van der Waals surface area contributed by atoms with Crippen molar-refractivity contribution in [3.8, 4) is 5.06 Å². The molecule has 21 heavy (non-hydrogen) atoms. The number of thiophene rings is 1. The van der Waals surface area contributed by atoms with Gasteiger partial charge in [0.2, 0.25) is 5.78 Å². The van der Waals surface area contributed by atoms with Crippen LogP contribution < -0.4 is 0 Å². The van der Waals surface area contributed by atoms with Crippen LogP contribution in [0, 0.1) is 0 Å². The number of rotatable bonds is 3. The van der Waals surface area contributed by atoms with E-state index in [2.05, 4.69) is 4.99 Å². The number of carbonyl (C=O) groups excluding carboxylic acids is 1. The molecule has 1 aliphatic heterocycles. The molecule has 1 aromatic rings. The van der Waals surface area contributed by atoms with Gasteiger partial charge in [-0.3, -0.25) is 9.79 Å². The highest BCUT2D eigenvalue weighted by molar-refractivity contribution is 7.15. The van der Waals surface area contributed by atoms with Gasteiger partial charge in [0.1, 0.15) is 5.76 Å². The monoisotopic (exact) mass is 321 g/mol. The third-order valence-corrected chi connectivity index (χ3v) is 4.59. The standard InChI is InChI=1S/C15H12ClNO3S/c1-7-5-8-10(17-7)6-9(15(20-2)13(8)16)14(19)11-3-4-12(18)21-11/h3-5,18H,6H2,1-2H3. The quantitative estimate of drug-likeness (QED) is 0.862. The van der Waals surface area contributed by atoms with Crippen LogP contribution in [-0.2, 0) is 4.74 Å². The maximum Gasteiger partial charge on any atom is 0.203 e. The van der Waals surface area contributed by atoms with Crippen molar-refractivity contribution in [1.29, 1.82) is 0 Å². The highest BCUT2D eigenvalue weighted by Crippen LogP contribution is 2.38. The SMILES string of the molecule is COC1=C(C(=O)c2ccc(O)s2)CC2=NC(C)=CC2=C1Cl. The van der Waals surface area contributed by atoms with Crippen LogP contribution in [0.3, 0.4) is 0 Å². The first-order valence-electron chi connectivity index (χ1n) is 6.28. The summed E-state index contributed by atoms with van der Waals surface area (Å²) in [6.07, 6.45) is 2.26. The average Bonchev–Trinajstić information content (AvgIpc) is 3.03. The molecule has 0 saturated carbocycles. The van der Waals surface area contributed by atoms with E-state index in [1.165, 1.54) is 13.2 Å². The Bertz CT molecular complexity index is 768. The fourth-order valence-corrected chi connectivity index (χ4v) is 3.49. The Morgan fingerprint density at radius 3 is 2.86 bits per heavy atom.